The molecule has 35 heavy (non-hydrogen) atoms. The zero-order valence-electron chi connectivity index (χ0n) is 19.9. The summed E-state index contributed by atoms with van der Waals surface area (Å²) in [6.45, 7) is 2.37. The van der Waals surface area contributed by atoms with Crippen LogP contribution in [0.4, 0.5) is 11.6 Å². The Balaban J connectivity index is 1.23. The van der Waals surface area contributed by atoms with Crippen LogP contribution >= 0.6 is 0 Å². The summed E-state index contributed by atoms with van der Waals surface area (Å²) in [5.41, 5.74) is 5.81. The number of rotatable bonds is 11. The van der Waals surface area contributed by atoms with Gasteiger partial charge in [0.15, 0.2) is 17.4 Å². The largest absolute Gasteiger partial charge is 0.488 e. The van der Waals surface area contributed by atoms with E-state index in [1.807, 2.05) is 0 Å². The zero-order chi connectivity index (χ0) is 24.3. The SMILES string of the molecule is N#CC1(COc2nc(C(=O)CCC3CC3)cc(N3CCC(COc4cncnc4N)CC3)n2)CC1. The first-order chi connectivity index (χ1) is 17.0. The number of hydrogen-bond acceptors (Lipinski definition) is 10. The molecule has 0 spiro atoms. The van der Waals surface area contributed by atoms with E-state index in [4.69, 9.17) is 15.2 Å². The van der Waals surface area contributed by atoms with Crippen molar-refractivity contribution < 1.29 is 14.3 Å². The van der Waals surface area contributed by atoms with E-state index in [1.54, 1.807) is 12.3 Å². The van der Waals surface area contributed by atoms with Crippen LogP contribution < -0.4 is 20.1 Å². The summed E-state index contributed by atoms with van der Waals surface area (Å²) >= 11 is 0. The predicted octanol–water partition coefficient (Wildman–Crippen LogP) is 3.20. The number of nitrogens with zero attached hydrogens (tertiary/aromatic N) is 6. The van der Waals surface area contributed by atoms with Gasteiger partial charge >= 0.3 is 6.01 Å². The van der Waals surface area contributed by atoms with Crippen molar-refractivity contribution in [1.82, 2.24) is 19.9 Å². The van der Waals surface area contributed by atoms with Crippen molar-refractivity contribution >= 4 is 17.4 Å². The molecule has 3 aliphatic rings. The topological polar surface area (TPSA) is 140 Å². The van der Waals surface area contributed by atoms with Gasteiger partial charge in [-0.2, -0.15) is 15.2 Å². The molecule has 2 saturated carbocycles. The Kier molecular flexibility index (Phi) is 6.66. The van der Waals surface area contributed by atoms with Gasteiger partial charge in [0.25, 0.3) is 0 Å². The Bertz CT molecular complexity index is 1100. The summed E-state index contributed by atoms with van der Waals surface area (Å²) in [6, 6.07) is 4.30. The Morgan fingerprint density at radius 2 is 1.97 bits per heavy atom. The second-order valence-electron chi connectivity index (χ2n) is 9.99. The number of nitrogen functional groups attached to an aromatic ring is 1. The third-order valence-corrected chi connectivity index (χ3v) is 7.14. The molecule has 3 fully saturated rings. The van der Waals surface area contributed by atoms with Crippen LogP contribution in [0.25, 0.3) is 0 Å². The highest BCUT2D eigenvalue weighted by Crippen LogP contribution is 2.45. The van der Waals surface area contributed by atoms with E-state index in [-0.39, 0.29) is 18.4 Å². The van der Waals surface area contributed by atoms with Gasteiger partial charge in [-0.1, -0.05) is 12.8 Å². The third-order valence-electron chi connectivity index (χ3n) is 7.14. The number of aromatic nitrogens is 4. The highest BCUT2D eigenvalue weighted by Gasteiger charge is 2.44. The van der Waals surface area contributed by atoms with E-state index in [1.165, 1.54) is 19.2 Å². The van der Waals surface area contributed by atoms with E-state index in [0.717, 1.165) is 45.2 Å². The van der Waals surface area contributed by atoms with Crippen molar-refractivity contribution in [3.63, 3.8) is 0 Å². The maximum atomic E-state index is 12.9. The summed E-state index contributed by atoms with van der Waals surface area (Å²) in [6.07, 6.45) is 10.3. The van der Waals surface area contributed by atoms with E-state index in [0.29, 0.717) is 47.9 Å². The summed E-state index contributed by atoms with van der Waals surface area (Å²) in [5.74, 6) is 2.63. The number of anilines is 2. The van der Waals surface area contributed by atoms with Crippen molar-refractivity contribution in [2.45, 2.75) is 51.4 Å². The molecule has 0 bridgehead atoms. The molecule has 3 heterocycles. The van der Waals surface area contributed by atoms with Crippen molar-refractivity contribution in [2.24, 2.45) is 17.3 Å². The van der Waals surface area contributed by atoms with Gasteiger partial charge in [0.2, 0.25) is 0 Å². The summed E-state index contributed by atoms with van der Waals surface area (Å²) in [4.78, 5) is 32.0. The molecule has 0 radical (unpaired) electrons. The standard InChI is InChI=1S/C25H31N7O3/c26-14-25(7-8-25)15-35-24-30-19(20(33)4-3-17-1-2-17)11-22(31-24)32-9-5-18(6-10-32)13-34-21-12-28-16-29-23(21)27/h11-12,16-18H,1-10,13,15H2,(H2,27,28,29). The number of Topliss-reactive ketones (excluding diaryl/α,β-unsaturated/α-hetero) is 1. The van der Waals surface area contributed by atoms with Gasteiger partial charge in [0, 0.05) is 25.6 Å². The predicted molar refractivity (Wildman–Crippen MR) is 128 cm³/mol. The molecular formula is C25H31N7O3. The Hall–Kier alpha value is -3.48. The normalized spacial score (nSPS) is 19.1. The minimum atomic E-state index is -0.430. The maximum Gasteiger partial charge on any atom is 0.319 e. The fourth-order valence-electron chi connectivity index (χ4n) is 4.27. The molecule has 0 amide bonds. The average Bonchev–Trinajstić information content (AvgIpc) is 3.82. The monoisotopic (exact) mass is 477 g/mol. The van der Waals surface area contributed by atoms with Crippen molar-refractivity contribution in [3.8, 4) is 17.8 Å². The van der Waals surface area contributed by atoms with Crippen molar-refractivity contribution in [2.75, 3.05) is 36.9 Å². The van der Waals surface area contributed by atoms with E-state index in [2.05, 4.69) is 30.9 Å². The van der Waals surface area contributed by atoms with Gasteiger partial charge in [-0.3, -0.25) is 4.79 Å². The minimum Gasteiger partial charge on any atom is -0.488 e. The second-order valence-corrected chi connectivity index (χ2v) is 9.99. The minimum absolute atomic E-state index is 0.0257. The highest BCUT2D eigenvalue weighted by molar-refractivity contribution is 5.95. The number of piperidine rings is 1. The van der Waals surface area contributed by atoms with Crippen LogP contribution in [0.5, 0.6) is 11.8 Å². The molecule has 0 aromatic carbocycles. The lowest BCUT2D eigenvalue weighted by atomic mass is 9.98. The van der Waals surface area contributed by atoms with E-state index < -0.39 is 5.41 Å². The Morgan fingerprint density at radius 3 is 2.66 bits per heavy atom. The fourth-order valence-corrected chi connectivity index (χ4v) is 4.27. The first-order valence-electron chi connectivity index (χ1n) is 12.4. The quantitative estimate of drug-likeness (QED) is 0.480. The van der Waals surface area contributed by atoms with Crippen LogP contribution in [0.15, 0.2) is 18.6 Å². The fraction of sp³-hybridized carbons (Fsp3) is 0.600. The van der Waals surface area contributed by atoms with Gasteiger partial charge < -0.3 is 20.1 Å². The van der Waals surface area contributed by atoms with Gasteiger partial charge in [-0.15, -0.1) is 0 Å². The number of ketones is 1. The second kappa shape index (κ2) is 10.0. The van der Waals surface area contributed by atoms with Crippen LogP contribution in [-0.2, 0) is 0 Å². The molecule has 2 aromatic heterocycles. The third kappa shape index (κ3) is 5.96. The molecule has 10 nitrogen and oxygen atoms in total. The molecule has 5 rings (SSSR count). The lowest BCUT2D eigenvalue weighted by molar-refractivity contribution is 0.0971. The van der Waals surface area contributed by atoms with Crippen LogP contribution in [0.3, 0.4) is 0 Å². The van der Waals surface area contributed by atoms with Crippen LogP contribution in [0.1, 0.15) is 61.9 Å². The van der Waals surface area contributed by atoms with Crippen molar-refractivity contribution in [1.29, 1.82) is 5.26 Å². The number of nitrogens with two attached hydrogens (primary N) is 1. The lowest BCUT2D eigenvalue weighted by Gasteiger charge is -2.32. The van der Waals surface area contributed by atoms with E-state index in [9.17, 15) is 10.1 Å². The van der Waals surface area contributed by atoms with Crippen LogP contribution in [0.2, 0.25) is 0 Å². The number of carbonyl (C=O) groups is 1. The molecule has 10 heteroatoms. The number of nitriles is 1. The highest BCUT2D eigenvalue weighted by atomic mass is 16.5. The molecule has 1 aliphatic heterocycles. The van der Waals surface area contributed by atoms with Gasteiger partial charge in [-0.05, 0) is 43.9 Å². The molecule has 2 aromatic rings. The maximum absolute atomic E-state index is 12.9. The summed E-state index contributed by atoms with van der Waals surface area (Å²) in [7, 11) is 0. The lowest BCUT2D eigenvalue weighted by Crippen LogP contribution is -2.36. The molecule has 2 aliphatic carbocycles. The Morgan fingerprint density at radius 1 is 1.17 bits per heavy atom. The molecule has 0 atom stereocenters. The zero-order valence-corrected chi connectivity index (χ0v) is 19.9. The number of carbonyl (C=O) groups excluding carboxylic acids is 1. The molecule has 1 saturated heterocycles. The van der Waals surface area contributed by atoms with Crippen molar-refractivity contribution in [3.05, 3.63) is 24.3 Å². The number of hydrogen-bond donors (Lipinski definition) is 1. The first-order valence-corrected chi connectivity index (χ1v) is 12.4. The smallest absolute Gasteiger partial charge is 0.319 e. The van der Waals surface area contributed by atoms with E-state index >= 15 is 0 Å². The summed E-state index contributed by atoms with van der Waals surface area (Å²) in [5, 5.41) is 9.36. The molecule has 0 unspecified atom stereocenters. The average molecular weight is 478 g/mol. The summed E-state index contributed by atoms with van der Waals surface area (Å²) < 4.78 is 11.7. The van der Waals surface area contributed by atoms with Gasteiger partial charge in [0.05, 0.1) is 24.3 Å². The van der Waals surface area contributed by atoms with Crippen LogP contribution in [-0.4, -0.2) is 52.0 Å². The molecule has 2 N–H and O–H groups in total. The van der Waals surface area contributed by atoms with Gasteiger partial charge in [0.1, 0.15) is 24.4 Å². The Labute approximate surface area is 204 Å². The molecular weight excluding hydrogens is 446 g/mol. The van der Waals surface area contributed by atoms with Gasteiger partial charge in [-0.25, -0.2) is 9.97 Å². The van der Waals surface area contributed by atoms with Crippen LogP contribution in [0, 0.1) is 28.6 Å². The number of ether oxygens (including phenoxy) is 2. The molecule has 184 valence electrons. The first kappa shape index (κ1) is 23.3.